The zero-order valence-electron chi connectivity index (χ0n) is 16.0. The molecule has 0 bridgehead atoms. The zero-order chi connectivity index (χ0) is 21.7. The molecule has 2 N–H and O–H groups in total. The zero-order valence-corrected chi connectivity index (χ0v) is 18.4. The number of rotatable bonds is 7. The van der Waals surface area contributed by atoms with Gasteiger partial charge < -0.3 is 0 Å². The van der Waals surface area contributed by atoms with Crippen LogP contribution in [0.4, 0.5) is 0 Å². The molecule has 7 nitrogen and oxygen atoms in total. The Kier molecular flexibility index (Phi) is 7.03. The number of hydrogen-bond donors (Lipinski definition) is 2. The van der Waals surface area contributed by atoms with Gasteiger partial charge in [-0.05, 0) is 30.7 Å². The summed E-state index contributed by atoms with van der Waals surface area (Å²) in [6.07, 6.45) is 1.64. The second kappa shape index (κ2) is 9.52. The van der Waals surface area contributed by atoms with Crippen LogP contribution >= 0.6 is 24.0 Å². The summed E-state index contributed by atoms with van der Waals surface area (Å²) in [4.78, 5) is 28.6. The first-order valence-corrected chi connectivity index (χ1v) is 11.6. The summed E-state index contributed by atoms with van der Waals surface area (Å²) >= 11 is 6.42. The third kappa shape index (κ3) is 5.54. The fourth-order valence-corrected chi connectivity index (χ4v) is 4.74. The minimum absolute atomic E-state index is 0.0383. The van der Waals surface area contributed by atoms with Gasteiger partial charge in [-0.3, -0.25) is 19.9 Å². The molecule has 10 heteroatoms. The van der Waals surface area contributed by atoms with Crippen LogP contribution in [0.15, 0.2) is 64.4 Å². The van der Waals surface area contributed by atoms with Crippen LogP contribution in [0.2, 0.25) is 0 Å². The summed E-state index contributed by atoms with van der Waals surface area (Å²) in [7, 11) is -3.88. The molecule has 0 spiro atoms. The summed E-state index contributed by atoms with van der Waals surface area (Å²) < 4.78 is 24.8. The maximum Gasteiger partial charge on any atom is 0.266 e. The number of thiocarbonyl (C=S) groups is 1. The van der Waals surface area contributed by atoms with E-state index in [9.17, 15) is 18.0 Å². The lowest BCUT2D eigenvalue weighted by atomic mass is 10.2. The maximum atomic E-state index is 12.6. The number of benzene rings is 2. The lowest BCUT2D eigenvalue weighted by Crippen LogP contribution is -2.43. The van der Waals surface area contributed by atoms with E-state index in [2.05, 4.69) is 10.3 Å². The number of thioether (sulfide) groups is 1. The molecule has 1 heterocycles. The molecule has 2 aromatic carbocycles. The molecule has 1 aliphatic rings. The number of carbonyl (C=O) groups excluding carboxylic acids is 2. The van der Waals surface area contributed by atoms with Crippen molar-refractivity contribution in [1.82, 2.24) is 15.2 Å². The summed E-state index contributed by atoms with van der Waals surface area (Å²) in [6, 6.07) is 15.6. The molecule has 1 fully saturated rings. The minimum Gasteiger partial charge on any atom is -0.292 e. The second-order valence-electron chi connectivity index (χ2n) is 6.46. The van der Waals surface area contributed by atoms with Crippen LogP contribution in [0.25, 0.3) is 6.08 Å². The third-order valence-corrected chi connectivity index (χ3v) is 6.83. The van der Waals surface area contributed by atoms with Crippen LogP contribution in [0, 0.1) is 6.92 Å². The first-order chi connectivity index (χ1) is 14.3. The molecule has 0 unspecified atom stereocenters. The molecule has 0 atom stereocenters. The van der Waals surface area contributed by atoms with Crippen molar-refractivity contribution in [2.24, 2.45) is 0 Å². The monoisotopic (exact) mass is 461 g/mol. The molecule has 3 rings (SSSR count). The van der Waals surface area contributed by atoms with Gasteiger partial charge in [-0.25, -0.2) is 8.42 Å². The SMILES string of the molecule is Cc1ccc(S(=O)(=O)NNC(=O)CCN2C(=O)/C(=C\c3ccccc3)SC2=S)cc1. The number of hydrogen-bond acceptors (Lipinski definition) is 6. The number of carbonyl (C=O) groups is 2. The molecule has 1 aliphatic heterocycles. The van der Waals surface area contributed by atoms with Crippen molar-refractivity contribution in [2.75, 3.05) is 6.54 Å². The van der Waals surface area contributed by atoms with Crippen molar-refractivity contribution in [2.45, 2.75) is 18.2 Å². The average molecular weight is 462 g/mol. The highest BCUT2D eigenvalue weighted by Gasteiger charge is 2.32. The van der Waals surface area contributed by atoms with E-state index >= 15 is 0 Å². The van der Waals surface area contributed by atoms with E-state index in [0.29, 0.717) is 9.23 Å². The fourth-order valence-electron chi connectivity index (χ4n) is 2.57. The van der Waals surface area contributed by atoms with Crippen molar-refractivity contribution >= 4 is 56.2 Å². The number of aryl methyl sites for hydroxylation is 1. The van der Waals surface area contributed by atoms with Crippen LogP contribution in [0.5, 0.6) is 0 Å². The second-order valence-corrected chi connectivity index (χ2v) is 9.82. The minimum atomic E-state index is -3.88. The number of nitrogens with one attached hydrogen (secondary N) is 2. The first kappa shape index (κ1) is 22.2. The Labute approximate surface area is 184 Å². The quantitative estimate of drug-likeness (QED) is 0.374. The fraction of sp³-hybridized carbons (Fsp3) is 0.150. The number of hydrazine groups is 1. The number of nitrogens with zero attached hydrogens (tertiary/aromatic N) is 1. The molecular formula is C20H19N3O4S3. The molecule has 0 aliphatic carbocycles. The predicted molar refractivity (Wildman–Crippen MR) is 121 cm³/mol. The van der Waals surface area contributed by atoms with Crippen molar-refractivity contribution < 1.29 is 18.0 Å². The van der Waals surface area contributed by atoms with Gasteiger partial charge in [0.15, 0.2) is 0 Å². The molecule has 0 aromatic heterocycles. The van der Waals surface area contributed by atoms with Crippen LogP contribution in [0.3, 0.4) is 0 Å². The smallest absolute Gasteiger partial charge is 0.266 e. The van der Waals surface area contributed by atoms with Gasteiger partial charge in [0.05, 0.1) is 9.80 Å². The van der Waals surface area contributed by atoms with Crippen molar-refractivity contribution in [3.05, 3.63) is 70.6 Å². The summed E-state index contributed by atoms with van der Waals surface area (Å²) in [5, 5.41) is 0. The van der Waals surface area contributed by atoms with Crippen LogP contribution in [-0.4, -0.2) is 36.0 Å². The normalized spacial score (nSPS) is 15.6. The van der Waals surface area contributed by atoms with Gasteiger partial charge in [0.25, 0.3) is 15.9 Å². The summed E-state index contributed by atoms with van der Waals surface area (Å²) in [5.41, 5.74) is 3.96. The number of sulfonamides is 1. The topological polar surface area (TPSA) is 95.6 Å². The van der Waals surface area contributed by atoms with E-state index in [0.717, 1.165) is 11.1 Å². The van der Waals surface area contributed by atoms with Gasteiger partial charge in [0, 0.05) is 13.0 Å². The van der Waals surface area contributed by atoms with E-state index in [1.165, 1.54) is 28.8 Å². The Morgan fingerprint density at radius 3 is 2.47 bits per heavy atom. The molecule has 30 heavy (non-hydrogen) atoms. The van der Waals surface area contributed by atoms with Gasteiger partial charge in [0.2, 0.25) is 5.91 Å². The number of amides is 2. The van der Waals surface area contributed by atoms with Gasteiger partial charge in [-0.2, -0.15) is 0 Å². The highest BCUT2D eigenvalue weighted by atomic mass is 32.2. The van der Waals surface area contributed by atoms with E-state index < -0.39 is 15.9 Å². The van der Waals surface area contributed by atoms with Crippen molar-refractivity contribution in [3.8, 4) is 0 Å². The van der Waals surface area contributed by atoms with Gasteiger partial charge in [0.1, 0.15) is 4.32 Å². The van der Waals surface area contributed by atoms with Gasteiger partial charge in [-0.1, -0.05) is 72.0 Å². The highest BCUT2D eigenvalue weighted by molar-refractivity contribution is 8.26. The summed E-state index contributed by atoms with van der Waals surface area (Å²) in [5.74, 6) is -0.853. The Morgan fingerprint density at radius 2 is 1.80 bits per heavy atom. The first-order valence-electron chi connectivity index (χ1n) is 8.94. The lowest BCUT2D eigenvalue weighted by Gasteiger charge is -2.14. The highest BCUT2D eigenvalue weighted by Crippen LogP contribution is 2.32. The molecule has 2 amide bonds. The largest absolute Gasteiger partial charge is 0.292 e. The standard InChI is InChI=1S/C20H19N3O4S3/c1-14-7-9-16(10-8-14)30(26,27)22-21-18(24)11-12-23-19(25)17(29-20(23)28)13-15-5-3-2-4-6-15/h2-10,13,22H,11-12H2,1H3,(H,21,24)/b17-13+. The van der Waals surface area contributed by atoms with E-state index in [1.54, 1.807) is 18.2 Å². The maximum absolute atomic E-state index is 12.6. The Balaban J connectivity index is 1.54. The Hall–Kier alpha value is -2.53. The van der Waals surface area contributed by atoms with E-state index in [-0.39, 0.29) is 23.8 Å². The molecule has 0 radical (unpaired) electrons. The lowest BCUT2D eigenvalue weighted by molar-refractivity contribution is -0.124. The Morgan fingerprint density at radius 1 is 1.13 bits per heavy atom. The van der Waals surface area contributed by atoms with Crippen molar-refractivity contribution in [3.63, 3.8) is 0 Å². The predicted octanol–water partition coefficient (Wildman–Crippen LogP) is 2.60. The van der Waals surface area contributed by atoms with Crippen molar-refractivity contribution in [1.29, 1.82) is 0 Å². The Bertz CT molecular complexity index is 1100. The van der Waals surface area contributed by atoms with Gasteiger partial charge in [-0.15, -0.1) is 4.83 Å². The summed E-state index contributed by atoms with van der Waals surface area (Å²) in [6.45, 7) is 1.89. The van der Waals surface area contributed by atoms with Crippen LogP contribution < -0.4 is 10.3 Å². The van der Waals surface area contributed by atoms with Crippen LogP contribution in [0.1, 0.15) is 17.5 Å². The van der Waals surface area contributed by atoms with Gasteiger partial charge >= 0.3 is 0 Å². The van der Waals surface area contributed by atoms with Crippen LogP contribution in [-0.2, 0) is 19.6 Å². The molecule has 156 valence electrons. The average Bonchev–Trinajstić information content (AvgIpc) is 2.98. The molecular weight excluding hydrogens is 442 g/mol. The van der Waals surface area contributed by atoms with E-state index in [4.69, 9.17) is 12.2 Å². The third-order valence-electron chi connectivity index (χ3n) is 4.19. The molecule has 1 saturated heterocycles. The molecule has 2 aromatic rings. The van der Waals surface area contributed by atoms with E-state index in [1.807, 2.05) is 37.3 Å². The molecule has 0 saturated carbocycles.